The molecule has 3 aromatic rings. The lowest BCUT2D eigenvalue weighted by Crippen LogP contribution is -2.24. The van der Waals surface area contributed by atoms with Crippen molar-refractivity contribution in [1.82, 2.24) is 5.43 Å². The van der Waals surface area contributed by atoms with Crippen molar-refractivity contribution in [1.29, 1.82) is 0 Å². The van der Waals surface area contributed by atoms with Crippen molar-refractivity contribution in [2.45, 2.75) is 0 Å². The minimum atomic E-state index is -0.631. The van der Waals surface area contributed by atoms with Crippen LogP contribution in [0.15, 0.2) is 88.1 Å². The Balaban J connectivity index is 1.58. The summed E-state index contributed by atoms with van der Waals surface area (Å²) in [6.45, 7) is -0.473. The molecule has 0 unspecified atom stereocenters. The van der Waals surface area contributed by atoms with Crippen LogP contribution in [0.25, 0.3) is 0 Å². The van der Waals surface area contributed by atoms with E-state index in [2.05, 4.69) is 20.8 Å². The number of para-hydroxylation sites is 2. The van der Waals surface area contributed by atoms with Gasteiger partial charge < -0.3 is 9.84 Å². The molecule has 0 saturated carbocycles. The van der Waals surface area contributed by atoms with Gasteiger partial charge in [-0.15, -0.1) is 0 Å². The molecule has 0 aliphatic heterocycles. The molecule has 2 N–H and O–H groups in total. The molecule has 0 saturated heterocycles. The van der Waals surface area contributed by atoms with Crippen molar-refractivity contribution in [2.24, 2.45) is 15.3 Å². The molecule has 0 aliphatic carbocycles. The SMILES string of the molecule is O=C(COc1ccccc1[N+](=O)[O-])N/N=C/c1cc(N=Nc2ccccc2)ccc1O. The Labute approximate surface area is 176 Å². The number of carbonyl (C=O) groups excluding carboxylic acids is 1. The number of nitro groups is 1. The molecule has 0 aliphatic rings. The van der Waals surface area contributed by atoms with Gasteiger partial charge in [0.15, 0.2) is 12.4 Å². The number of hydrogen-bond donors (Lipinski definition) is 2. The van der Waals surface area contributed by atoms with E-state index in [4.69, 9.17) is 4.74 Å². The minimum Gasteiger partial charge on any atom is -0.507 e. The van der Waals surface area contributed by atoms with Crippen LogP contribution in [0, 0.1) is 10.1 Å². The number of benzene rings is 3. The van der Waals surface area contributed by atoms with Crippen LogP contribution in [0.3, 0.4) is 0 Å². The first-order chi connectivity index (χ1) is 15.0. The second-order valence-corrected chi connectivity index (χ2v) is 6.09. The molecule has 10 nitrogen and oxygen atoms in total. The van der Waals surface area contributed by atoms with Gasteiger partial charge in [0.05, 0.1) is 22.5 Å². The van der Waals surface area contributed by atoms with Gasteiger partial charge in [-0.1, -0.05) is 30.3 Å². The van der Waals surface area contributed by atoms with Crippen LogP contribution < -0.4 is 10.2 Å². The van der Waals surface area contributed by atoms with E-state index < -0.39 is 17.4 Å². The Bertz CT molecular complexity index is 1130. The van der Waals surface area contributed by atoms with E-state index >= 15 is 0 Å². The molecule has 0 radical (unpaired) electrons. The number of nitrogens with zero attached hydrogens (tertiary/aromatic N) is 4. The van der Waals surface area contributed by atoms with Crippen LogP contribution in [0.4, 0.5) is 17.1 Å². The third-order valence-electron chi connectivity index (χ3n) is 3.86. The number of amides is 1. The predicted molar refractivity (Wildman–Crippen MR) is 113 cm³/mol. The molecule has 3 aromatic carbocycles. The third-order valence-corrected chi connectivity index (χ3v) is 3.86. The van der Waals surface area contributed by atoms with Crippen LogP contribution in [0.2, 0.25) is 0 Å². The number of rotatable bonds is 8. The third kappa shape index (κ3) is 6.19. The average molecular weight is 419 g/mol. The van der Waals surface area contributed by atoms with E-state index in [1.807, 2.05) is 18.2 Å². The van der Waals surface area contributed by atoms with E-state index in [9.17, 15) is 20.0 Å². The molecule has 31 heavy (non-hydrogen) atoms. The first kappa shape index (κ1) is 21.1. The van der Waals surface area contributed by atoms with Crippen molar-refractivity contribution >= 4 is 29.2 Å². The summed E-state index contributed by atoms with van der Waals surface area (Å²) in [5.74, 6) is -0.720. The molecule has 0 atom stereocenters. The highest BCUT2D eigenvalue weighted by Gasteiger charge is 2.14. The summed E-state index contributed by atoms with van der Waals surface area (Å²) in [4.78, 5) is 22.2. The number of phenols is 1. The van der Waals surface area contributed by atoms with Crippen LogP contribution >= 0.6 is 0 Å². The molecule has 10 heteroatoms. The molecule has 0 bridgehead atoms. The van der Waals surface area contributed by atoms with E-state index in [1.165, 1.54) is 30.5 Å². The molecule has 3 rings (SSSR count). The zero-order chi connectivity index (χ0) is 22.1. The zero-order valence-corrected chi connectivity index (χ0v) is 16.1. The van der Waals surface area contributed by atoms with Gasteiger partial charge >= 0.3 is 5.69 Å². The number of hydrazone groups is 1. The van der Waals surface area contributed by atoms with Gasteiger partial charge in [-0.25, -0.2) is 5.43 Å². The van der Waals surface area contributed by atoms with Crippen molar-refractivity contribution in [3.63, 3.8) is 0 Å². The van der Waals surface area contributed by atoms with Gasteiger partial charge in [0, 0.05) is 11.6 Å². The Hall–Kier alpha value is -4.60. The summed E-state index contributed by atoms with van der Waals surface area (Å²) >= 11 is 0. The minimum absolute atomic E-state index is 0.0271. The lowest BCUT2D eigenvalue weighted by Gasteiger charge is -2.05. The topological polar surface area (TPSA) is 139 Å². The van der Waals surface area contributed by atoms with Crippen molar-refractivity contribution in [3.8, 4) is 11.5 Å². The van der Waals surface area contributed by atoms with E-state index in [0.717, 1.165) is 0 Å². The fourth-order valence-electron chi connectivity index (χ4n) is 2.40. The quantitative estimate of drug-likeness (QED) is 0.243. The molecule has 1 amide bonds. The summed E-state index contributed by atoms with van der Waals surface area (Å²) < 4.78 is 5.18. The number of azo groups is 1. The fourth-order valence-corrected chi connectivity index (χ4v) is 2.40. The van der Waals surface area contributed by atoms with Gasteiger partial charge in [-0.2, -0.15) is 15.3 Å². The molecule has 0 spiro atoms. The fraction of sp³-hybridized carbons (Fsp3) is 0.0476. The predicted octanol–water partition coefficient (Wildman–Crippen LogP) is 4.24. The first-order valence-corrected chi connectivity index (χ1v) is 9.01. The number of nitro benzene ring substituents is 1. The number of hydrogen-bond acceptors (Lipinski definition) is 8. The van der Waals surface area contributed by atoms with Gasteiger partial charge in [-0.3, -0.25) is 14.9 Å². The zero-order valence-electron chi connectivity index (χ0n) is 16.1. The van der Waals surface area contributed by atoms with Crippen LogP contribution in [-0.4, -0.2) is 28.8 Å². The summed E-state index contributed by atoms with van der Waals surface area (Å²) in [6, 6.07) is 19.4. The molecular formula is C21H17N5O5. The highest BCUT2D eigenvalue weighted by atomic mass is 16.6. The van der Waals surface area contributed by atoms with Crippen molar-refractivity contribution in [2.75, 3.05) is 6.61 Å². The van der Waals surface area contributed by atoms with Gasteiger partial charge in [-0.05, 0) is 36.4 Å². The summed E-state index contributed by atoms with van der Waals surface area (Å²) in [7, 11) is 0. The maximum Gasteiger partial charge on any atom is 0.310 e. The van der Waals surface area contributed by atoms with Crippen LogP contribution in [0.5, 0.6) is 11.5 Å². The highest BCUT2D eigenvalue weighted by Crippen LogP contribution is 2.26. The summed E-state index contributed by atoms with van der Waals surface area (Å²) in [6.07, 6.45) is 1.24. The van der Waals surface area contributed by atoms with Crippen LogP contribution in [0.1, 0.15) is 5.56 Å². The van der Waals surface area contributed by atoms with Gasteiger partial charge in [0.25, 0.3) is 5.91 Å². The Morgan fingerprint density at radius 1 is 1.03 bits per heavy atom. The Kier molecular flexibility index (Phi) is 6.99. The molecule has 0 aromatic heterocycles. The average Bonchev–Trinajstić information content (AvgIpc) is 2.79. The lowest BCUT2D eigenvalue weighted by atomic mass is 10.2. The number of nitrogens with one attached hydrogen (secondary N) is 1. The van der Waals surface area contributed by atoms with Gasteiger partial charge in [0.1, 0.15) is 5.75 Å². The number of phenolic OH excluding ortho intramolecular Hbond substituents is 1. The monoisotopic (exact) mass is 419 g/mol. The van der Waals surface area contributed by atoms with E-state index in [0.29, 0.717) is 16.9 Å². The van der Waals surface area contributed by atoms with Crippen molar-refractivity contribution in [3.05, 3.63) is 88.5 Å². The van der Waals surface area contributed by atoms with Crippen molar-refractivity contribution < 1.29 is 19.6 Å². The van der Waals surface area contributed by atoms with Crippen LogP contribution in [-0.2, 0) is 4.79 Å². The normalized spacial score (nSPS) is 11.0. The summed E-state index contributed by atoms with van der Waals surface area (Å²) in [5.41, 5.74) is 3.45. The maximum atomic E-state index is 11.9. The number of carbonyl (C=O) groups is 1. The molecule has 156 valence electrons. The molecule has 0 heterocycles. The Morgan fingerprint density at radius 2 is 1.74 bits per heavy atom. The first-order valence-electron chi connectivity index (χ1n) is 9.01. The lowest BCUT2D eigenvalue weighted by molar-refractivity contribution is -0.385. The standard InChI is InChI=1S/C21H17N5O5/c27-19-11-10-17(24-23-16-6-2-1-3-7-16)12-15(19)13-22-25-21(28)14-31-20-9-5-4-8-18(20)26(29)30/h1-13,27H,14H2,(H,25,28)/b22-13+,24-23?. The largest absolute Gasteiger partial charge is 0.507 e. The molecule has 0 fully saturated rings. The van der Waals surface area contributed by atoms with E-state index in [1.54, 1.807) is 30.3 Å². The smallest absolute Gasteiger partial charge is 0.310 e. The highest BCUT2D eigenvalue weighted by molar-refractivity contribution is 5.86. The van der Waals surface area contributed by atoms with E-state index in [-0.39, 0.29) is 17.2 Å². The number of ether oxygens (including phenoxy) is 1. The van der Waals surface area contributed by atoms with Gasteiger partial charge in [0.2, 0.25) is 0 Å². The number of aromatic hydroxyl groups is 1. The summed E-state index contributed by atoms with van der Waals surface area (Å²) in [5, 5.41) is 32.9. The molecular weight excluding hydrogens is 402 g/mol. The maximum absolute atomic E-state index is 11.9. The second kappa shape index (κ2) is 10.3. The Morgan fingerprint density at radius 3 is 2.52 bits per heavy atom. The second-order valence-electron chi connectivity index (χ2n) is 6.09.